The van der Waals surface area contributed by atoms with Gasteiger partial charge < -0.3 is 9.84 Å². The van der Waals surface area contributed by atoms with E-state index in [2.05, 4.69) is 15.9 Å². The molecule has 0 amide bonds. The molecule has 0 aliphatic carbocycles. The van der Waals surface area contributed by atoms with Gasteiger partial charge in [-0.1, -0.05) is 27.5 Å². The maximum atomic E-state index is 13.6. The van der Waals surface area contributed by atoms with Crippen molar-refractivity contribution in [3.8, 4) is 11.5 Å². The van der Waals surface area contributed by atoms with E-state index in [0.717, 1.165) is 0 Å². The van der Waals surface area contributed by atoms with E-state index in [1.807, 2.05) is 0 Å². The highest BCUT2D eigenvalue weighted by Crippen LogP contribution is 2.32. The van der Waals surface area contributed by atoms with Crippen LogP contribution in [0.1, 0.15) is 10.4 Å². The van der Waals surface area contributed by atoms with Crippen molar-refractivity contribution < 1.29 is 19.0 Å². The number of hydrogen-bond donors (Lipinski definition) is 1. The fourth-order valence-electron chi connectivity index (χ4n) is 1.39. The van der Waals surface area contributed by atoms with Crippen molar-refractivity contribution in [3.05, 3.63) is 57.3 Å². The molecule has 19 heavy (non-hydrogen) atoms. The minimum absolute atomic E-state index is 0.00757. The highest BCUT2D eigenvalue weighted by Gasteiger charge is 2.11. The SMILES string of the molecule is O=C(O)c1ccc(Oc2ccc(Br)cc2F)c(Cl)c1. The largest absolute Gasteiger partial charge is 0.478 e. The topological polar surface area (TPSA) is 46.5 Å². The van der Waals surface area contributed by atoms with Crippen LogP contribution in [0.3, 0.4) is 0 Å². The minimum Gasteiger partial charge on any atom is -0.478 e. The summed E-state index contributed by atoms with van der Waals surface area (Å²) >= 11 is 9.02. The van der Waals surface area contributed by atoms with E-state index < -0.39 is 11.8 Å². The zero-order chi connectivity index (χ0) is 14.0. The monoisotopic (exact) mass is 344 g/mol. The Balaban J connectivity index is 2.31. The van der Waals surface area contributed by atoms with Crippen LogP contribution in [0.15, 0.2) is 40.9 Å². The van der Waals surface area contributed by atoms with Crippen molar-refractivity contribution in [3.63, 3.8) is 0 Å². The van der Waals surface area contributed by atoms with Crippen molar-refractivity contribution in [1.82, 2.24) is 0 Å². The molecule has 0 atom stereocenters. The molecule has 0 aliphatic rings. The molecule has 0 aliphatic heterocycles. The maximum Gasteiger partial charge on any atom is 0.335 e. The molecule has 0 unspecified atom stereocenters. The molecular weight excluding hydrogens is 338 g/mol. The van der Waals surface area contributed by atoms with Crippen LogP contribution in [0.25, 0.3) is 0 Å². The standard InChI is InChI=1S/C13H7BrClFO3/c14-8-2-4-12(10(16)6-8)19-11-3-1-7(13(17)18)5-9(11)15/h1-6H,(H,17,18). The number of halogens is 3. The summed E-state index contributed by atoms with van der Waals surface area (Å²) < 4.78 is 19.5. The van der Waals surface area contributed by atoms with Crippen LogP contribution < -0.4 is 4.74 Å². The quantitative estimate of drug-likeness (QED) is 0.874. The lowest BCUT2D eigenvalue weighted by Gasteiger charge is -2.09. The molecule has 0 bridgehead atoms. The van der Waals surface area contributed by atoms with Gasteiger partial charge in [0.2, 0.25) is 0 Å². The Hall–Kier alpha value is -1.59. The third kappa shape index (κ3) is 3.24. The number of benzene rings is 2. The molecule has 98 valence electrons. The van der Waals surface area contributed by atoms with Gasteiger partial charge in [0.05, 0.1) is 10.6 Å². The highest BCUT2D eigenvalue weighted by molar-refractivity contribution is 9.10. The zero-order valence-electron chi connectivity index (χ0n) is 9.36. The summed E-state index contributed by atoms with van der Waals surface area (Å²) in [6, 6.07) is 8.29. The van der Waals surface area contributed by atoms with Gasteiger partial charge in [0.15, 0.2) is 11.6 Å². The Kier molecular flexibility index (Phi) is 4.07. The number of carboxylic acids is 1. The normalized spacial score (nSPS) is 10.3. The molecule has 0 saturated carbocycles. The molecule has 0 heterocycles. The second kappa shape index (κ2) is 5.59. The minimum atomic E-state index is -1.09. The van der Waals surface area contributed by atoms with Crippen LogP contribution in [0.5, 0.6) is 11.5 Å². The molecule has 3 nitrogen and oxygen atoms in total. The Morgan fingerprint density at radius 2 is 1.89 bits per heavy atom. The van der Waals surface area contributed by atoms with E-state index in [-0.39, 0.29) is 22.1 Å². The molecule has 2 rings (SSSR count). The van der Waals surface area contributed by atoms with E-state index in [0.29, 0.717) is 4.47 Å². The Bertz CT molecular complexity index is 646. The van der Waals surface area contributed by atoms with Gasteiger partial charge in [-0.25, -0.2) is 9.18 Å². The van der Waals surface area contributed by atoms with Crippen molar-refractivity contribution in [2.24, 2.45) is 0 Å². The van der Waals surface area contributed by atoms with Crippen LogP contribution in [0.4, 0.5) is 4.39 Å². The third-order valence-corrected chi connectivity index (χ3v) is 3.08. The number of ether oxygens (including phenoxy) is 1. The van der Waals surface area contributed by atoms with Crippen molar-refractivity contribution >= 4 is 33.5 Å². The summed E-state index contributed by atoms with van der Waals surface area (Å²) in [5.74, 6) is -1.45. The molecule has 0 spiro atoms. The fraction of sp³-hybridized carbons (Fsp3) is 0. The molecule has 0 saturated heterocycles. The number of carboxylic acid groups (broad SMARTS) is 1. The molecule has 1 N–H and O–H groups in total. The van der Waals surface area contributed by atoms with Gasteiger partial charge in [0.1, 0.15) is 5.75 Å². The third-order valence-electron chi connectivity index (χ3n) is 2.29. The second-order valence-electron chi connectivity index (χ2n) is 3.63. The fourth-order valence-corrected chi connectivity index (χ4v) is 1.95. The van der Waals surface area contributed by atoms with Crippen molar-refractivity contribution in [1.29, 1.82) is 0 Å². The van der Waals surface area contributed by atoms with Gasteiger partial charge in [-0.2, -0.15) is 0 Å². The molecule has 2 aromatic rings. The smallest absolute Gasteiger partial charge is 0.335 e. The summed E-state index contributed by atoms with van der Waals surface area (Å²) in [6.07, 6.45) is 0. The van der Waals surface area contributed by atoms with Gasteiger partial charge in [-0.3, -0.25) is 0 Å². The Morgan fingerprint density at radius 1 is 1.21 bits per heavy atom. The molecule has 0 aromatic heterocycles. The number of carbonyl (C=O) groups is 1. The van der Waals surface area contributed by atoms with E-state index in [1.54, 1.807) is 6.07 Å². The summed E-state index contributed by atoms with van der Waals surface area (Å²) in [7, 11) is 0. The number of rotatable bonds is 3. The number of aromatic carboxylic acids is 1. The van der Waals surface area contributed by atoms with Crippen LogP contribution in [0.2, 0.25) is 5.02 Å². The summed E-state index contributed by atoms with van der Waals surface area (Å²) in [5.41, 5.74) is 0.0358. The molecule has 6 heteroatoms. The second-order valence-corrected chi connectivity index (χ2v) is 4.95. The lowest BCUT2D eigenvalue weighted by molar-refractivity contribution is 0.0697. The van der Waals surface area contributed by atoms with E-state index in [4.69, 9.17) is 21.4 Å². The molecule has 2 aromatic carbocycles. The van der Waals surface area contributed by atoms with Gasteiger partial charge in [0.25, 0.3) is 0 Å². The predicted octanol–water partition coefficient (Wildman–Crippen LogP) is 4.73. The summed E-state index contributed by atoms with van der Waals surface area (Å²) in [5, 5.41) is 8.90. The van der Waals surface area contributed by atoms with Crippen LogP contribution in [0, 0.1) is 5.82 Å². The van der Waals surface area contributed by atoms with Crippen molar-refractivity contribution in [2.45, 2.75) is 0 Å². The number of hydrogen-bond acceptors (Lipinski definition) is 2. The first-order valence-electron chi connectivity index (χ1n) is 5.13. The molecule has 0 radical (unpaired) electrons. The molecular formula is C13H7BrClFO3. The predicted molar refractivity (Wildman–Crippen MR) is 72.6 cm³/mol. The van der Waals surface area contributed by atoms with Crippen LogP contribution in [-0.4, -0.2) is 11.1 Å². The first-order chi connectivity index (χ1) is 8.97. The highest BCUT2D eigenvalue weighted by atomic mass is 79.9. The van der Waals surface area contributed by atoms with Gasteiger partial charge >= 0.3 is 5.97 Å². The summed E-state index contributed by atoms with van der Waals surface area (Å²) in [6.45, 7) is 0. The van der Waals surface area contributed by atoms with Crippen LogP contribution in [-0.2, 0) is 0 Å². The lowest BCUT2D eigenvalue weighted by atomic mass is 10.2. The van der Waals surface area contributed by atoms with Gasteiger partial charge in [-0.15, -0.1) is 0 Å². The van der Waals surface area contributed by atoms with E-state index >= 15 is 0 Å². The van der Waals surface area contributed by atoms with E-state index in [9.17, 15) is 9.18 Å². The average Bonchev–Trinajstić information content (AvgIpc) is 2.34. The first-order valence-corrected chi connectivity index (χ1v) is 6.30. The lowest BCUT2D eigenvalue weighted by Crippen LogP contribution is -1.96. The first kappa shape index (κ1) is 13.8. The zero-order valence-corrected chi connectivity index (χ0v) is 11.7. The van der Waals surface area contributed by atoms with Crippen molar-refractivity contribution in [2.75, 3.05) is 0 Å². The van der Waals surface area contributed by atoms with Gasteiger partial charge in [-0.05, 0) is 36.4 Å². The Labute approximate surface area is 121 Å². The average molecular weight is 346 g/mol. The maximum absolute atomic E-state index is 13.6. The van der Waals surface area contributed by atoms with Gasteiger partial charge in [0, 0.05) is 4.47 Å². The summed E-state index contributed by atoms with van der Waals surface area (Å²) in [4.78, 5) is 10.7. The van der Waals surface area contributed by atoms with Crippen LogP contribution >= 0.6 is 27.5 Å². The van der Waals surface area contributed by atoms with E-state index in [1.165, 1.54) is 30.3 Å². The molecule has 0 fully saturated rings. The Morgan fingerprint density at radius 3 is 2.47 bits per heavy atom.